The molecule has 0 atom stereocenters. The second kappa shape index (κ2) is 6.29. The largest absolute Gasteiger partial charge is 0.472 e. The van der Waals surface area contributed by atoms with Gasteiger partial charge in [-0.2, -0.15) is 0 Å². The number of hydrogen-bond acceptors (Lipinski definition) is 2. The highest BCUT2D eigenvalue weighted by Crippen LogP contribution is 2.11. The molecule has 0 unspecified atom stereocenters. The summed E-state index contributed by atoms with van der Waals surface area (Å²) in [6, 6.07) is 7.42. The fourth-order valence-corrected chi connectivity index (χ4v) is 1.28. The molecule has 0 aliphatic heterocycles. The number of carboxylic acid groups (broad SMARTS) is 1. The highest BCUT2D eigenvalue weighted by Gasteiger charge is 1.97. The zero-order valence-electron chi connectivity index (χ0n) is 9.43. The average Bonchev–Trinajstić information content (AvgIpc) is 2.27. The van der Waals surface area contributed by atoms with Crippen LogP contribution in [0.25, 0.3) is 6.08 Å². The molecule has 1 rings (SSSR count). The van der Waals surface area contributed by atoms with Gasteiger partial charge in [0.25, 0.3) is 0 Å². The number of carboxylic acids is 1. The van der Waals surface area contributed by atoms with Crippen LogP contribution in [0.3, 0.4) is 0 Å². The molecular formula is C14H12O3. The molecule has 0 fully saturated rings. The Hall–Kier alpha value is -2.34. The quantitative estimate of drug-likeness (QED) is 0.635. The predicted octanol–water partition coefficient (Wildman–Crippen LogP) is 1.92. The third kappa shape index (κ3) is 4.80. The van der Waals surface area contributed by atoms with Crippen molar-refractivity contribution < 1.29 is 14.7 Å². The number of allylic oxidation sites excluding steroid dienone is 1. The molecule has 0 aromatic heterocycles. The molecule has 1 N–H and O–H groups in total. The Labute approximate surface area is 99.8 Å². The van der Waals surface area contributed by atoms with Crippen LogP contribution in [0.5, 0.6) is 0 Å². The fraction of sp³-hybridized carbons (Fsp3) is 0.143. The Kier molecular flexibility index (Phi) is 4.71. The van der Waals surface area contributed by atoms with E-state index in [0.717, 1.165) is 11.1 Å². The van der Waals surface area contributed by atoms with Gasteiger partial charge in [-0.05, 0) is 24.1 Å². The van der Waals surface area contributed by atoms with Gasteiger partial charge >= 0.3 is 5.97 Å². The summed E-state index contributed by atoms with van der Waals surface area (Å²) in [5.41, 5.74) is 1.78. The molecule has 1 aromatic carbocycles. The molecule has 0 saturated carbocycles. The lowest BCUT2D eigenvalue weighted by molar-refractivity contribution is -0.130. The first-order valence-corrected chi connectivity index (χ1v) is 5.08. The molecule has 17 heavy (non-hydrogen) atoms. The zero-order chi connectivity index (χ0) is 12.7. The number of benzene rings is 1. The van der Waals surface area contributed by atoms with E-state index < -0.39 is 5.97 Å². The summed E-state index contributed by atoms with van der Waals surface area (Å²) in [6.07, 6.45) is 3.54. The first kappa shape index (κ1) is 12.7. The minimum atomic E-state index is -1.14. The van der Waals surface area contributed by atoms with Crippen molar-refractivity contribution in [3.63, 3.8) is 0 Å². The van der Waals surface area contributed by atoms with Crippen LogP contribution >= 0.6 is 0 Å². The van der Waals surface area contributed by atoms with Crippen molar-refractivity contribution in [3.05, 3.63) is 41.5 Å². The molecule has 86 valence electrons. The Bertz CT molecular complexity index is 516. The van der Waals surface area contributed by atoms with Gasteiger partial charge in [0.05, 0.1) is 0 Å². The second-order valence-electron chi connectivity index (χ2n) is 3.43. The number of carbonyl (C=O) groups is 2. The molecule has 0 amide bonds. The van der Waals surface area contributed by atoms with E-state index in [1.807, 2.05) is 24.3 Å². The van der Waals surface area contributed by atoms with Crippen molar-refractivity contribution in [2.24, 2.45) is 0 Å². The molecule has 0 aliphatic carbocycles. The van der Waals surface area contributed by atoms with Gasteiger partial charge < -0.3 is 5.11 Å². The van der Waals surface area contributed by atoms with Crippen LogP contribution in [-0.4, -0.2) is 16.9 Å². The standard InChI is InChI=1S/C14H12O3/c1-11(15)9-10-13-6-3-2-5-12(13)7-4-8-14(16)17/h2-3,5-6,9-10H,7H2,1H3,(H,16,17)/b10-9+. The molecule has 0 bridgehead atoms. The second-order valence-corrected chi connectivity index (χ2v) is 3.43. The van der Waals surface area contributed by atoms with E-state index in [2.05, 4.69) is 11.8 Å². The maximum atomic E-state index is 10.8. The predicted molar refractivity (Wildman–Crippen MR) is 65.3 cm³/mol. The summed E-state index contributed by atoms with van der Waals surface area (Å²) in [7, 11) is 0. The molecule has 0 aliphatic rings. The third-order valence-electron chi connectivity index (χ3n) is 2.03. The van der Waals surface area contributed by atoms with Gasteiger partial charge in [0.2, 0.25) is 0 Å². The van der Waals surface area contributed by atoms with Crippen LogP contribution in [0.15, 0.2) is 30.3 Å². The minimum Gasteiger partial charge on any atom is -0.472 e. The van der Waals surface area contributed by atoms with Crippen LogP contribution in [0.2, 0.25) is 0 Å². The fourth-order valence-electron chi connectivity index (χ4n) is 1.28. The number of hydrogen-bond donors (Lipinski definition) is 1. The first-order chi connectivity index (χ1) is 8.09. The van der Waals surface area contributed by atoms with Crippen molar-refractivity contribution >= 4 is 17.8 Å². The van der Waals surface area contributed by atoms with Gasteiger partial charge in [-0.25, -0.2) is 4.79 Å². The van der Waals surface area contributed by atoms with Crippen molar-refractivity contribution in [3.8, 4) is 11.8 Å². The summed E-state index contributed by atoms with van der Waals surface area (Å²) in [6.45, 7) is 1.48. The summed E-state index contributed by atoms with van der Waals surface area (Å²) in [4.78, 5) is 21.1. The Morgan fingerprint density at radius 2 is 2.06 bits per heavy atom. The minimum absolute atomic E-state index is 0.0311. The monoisotopic (exact) mass is 228 g/mol. The van der Waals surface area contributed by atoms with Gasteiger partial charge in [-0.1, -0.05) is 36.3 Å². The van der Waals surface area contributed by atoms with E-state index in [-0.39, 0.29) is 5.78 Å². The van der Waals surface area contributed by atoms with Crippen LogP contribution in [0.4, 0.5) is 0 Å². The topological polar surface area (TPSA) is 54.4 Å². The van der Waals surface area contributed by atoms with Gasteiger partial charge in [0, 0.05) is 12.3 Å². The Balaban J connectivity index is 2.89. The highest BCUT2D eigenvalue weighted by molar-refractivity contribution is 5.91. The van der Waals surface area contributed by atoms with E-state index in [4.69, 9.17) is 5.11 Å². The maximum absolute atomic E-state index is 10.8. The van der Waals surface area contributed by atoms with E-state index in [1.165, 1.54) is 13.0 Å². The maximum Gasteiger partial charge on any atom is 0.381 e. The van der Waals surface area contributed by atoms with Crippen LogP contribution < -0.4 is 0 Å². The molecule has 3 nitrogen and oxygen atoms in total. The average molecular weight is 228 g/mol. The van der Waals surface area contributed by atoms with E-state index >= 15 is 0 Å². The molecule has 0 heterocycles. The lowest BCUT2D eigenvalue weighted by Crippen LogP contribution is -1.91. The van der Waals surface area contributed by atoms with Gasteiger partial charge in [0.15, 0.2) is 5.78 Å². The molecule has 0 radical (unpaired) electrons. The molecule has 0 saturated heterocycles. The lowest BCUT2D eigenvalue weighted by atomic mass is 10.0. The van der Waals surface area contributed by atoms with Crippen LogP contribution in [0, 0.1) is 11.8 Å². The molecule has 0 spiro atoms. The normalized spacial score (nSPS) is 9.71. The van der Waals surface area contributed by atoms with Gasteiger partial charge in [0.1, 0.15) is 0 Å². The first-order valence-electron chi connectivity index (χ1n) is 5.08. The van der Waals surface area contributed by atoms with Crippen molar-refractivity contribution in [2.45, 2.75) is 13.3 Å². The summed E-state index contributed by atoms with van der Waals surface area (Å²) in [5.74, 6) is 3.45. The highest BCUT2D eigenvalue weighted by atomic mass is 16.4. The van der Waals surface area contributed by atoms with E-state index in [0.29, 0.717) is 6.42 Å². The molecular weight excluding hydrogens is 216 g/mol. The summed E-state index contributed by atoms with van der Waals surface area (Å²) in [5, 5.41) is 8.40. The van der Waals surface area contributed by atoms with Crippen LogP contribution in [-0.2, 0) is 16.0 Å². The Morgan fingerprint density at radius 3 is 2.71 bits per heavy atom. The summed E-state index contributed by atoms with van der Waals surface area (Å²) >= 11 is 0. The van der Waals surface area contributed by atoms with Gasteiger partial charge in [-0.3, -0.25) is 4.79 Å². The molecule has 1 aromatic rings. The van der Waals surface area contributed by atoms with Crippen molar-refractivity contribution in [2.75, 3.05) is 0 Å². The van der Waals surface area contributed by atoms with Crippen molar-refractivity contribution in [1.29, 1.82) is 0 Å². The van der Waals surface area contributed by atoms with E-state index in [1.54, 1.807) is 6.08 Å². The molecule has 3 heteroatoms. The number of carbonyl (C=O) groups excluding carboxylic acids is 1. The summed E-state index contributed by atoms with van der Waals surface area (Å²) < 4.78 is 0. The number of ketones is 1. The SMILES string of the molecule is CC(=O)/C=C/c1ccccc1CC#CC(=O)O. The smallest absolute Gasteiger partial charge is 0.381 e. The van der Waals surface area contributed by atoms with Crippen molar-refractivity contribution in [1.82, 2.24) is 0 Å². The van der Waals surface area contributed by atoms with Crippen LogP contribution in [0.1, 0.15) is 18.1 Å². The van der Waals surface area contributed by atoms with Gasteiger partial charge in [-0.15, -0.1) is 0 Å². The van der Waals surface area contributed by atoms with E-state index in [9.17, 15) is 9.59 Å². The number of rotatable bonds is 3. The zero-order valence-corrected chi connectivity index (χ0v) is 9.43. The third-order valence-corrected chi connectivity index (χ3v) is 2.03. The lowest BCUT2D eigenvalue weighted by Gasteiger charge is -2.00. The Morgan fingerprint density at radius 1 is 1.35 bits per heavy atom. The number of aliphatic carboxylic acids is 1.